The first-order chi connectivity index (χ1) is 15.0. The minimum absolute atomic E-state index is 0.0104. The maximum absolute atomic E-state index is 12.9. The van der Waals surface area contributed by atoms with Crippen molar-refractivity contribution < 1.29 is 18.8 Å². The maximum atomic E-state index is 12.9. The van der Waals surface area contributed by atoms with E-state index in [0.29, 0.717) is 37.6 Å². The second kappa shape index (κ2) is 8.30. The third kappa shape index (κ3) is 4.10. The lowest BCUT2D eigenvalue weighted by molar-refractivity contribution is -0.153. The second-order valence-electron chi connectivity index (χ2n) is 9.69. The number of hydrogen-bond donors (Lipinski definition) is 2. The SMILES string of the molecule is Cc1ccc(CN2C[C@H]3C[C@@H](C2)[C@H](CNC(=O)[C@H]2CCC(=O)N2)N2C(=O)CCC[C@@H]32)o1. The van der Waals surface area contributed by atoms with Gasteiger partial charge >= 0.3 is 0 Å². The molecule has 31 heavy (non-hydrogen) atoms. The van der Waals surface area contributed by atoms with Crippen LogP contribution in [-0.4, -0.2) is 65.3 Å². The van der Waals surface area contributed by atoms with Gasteiger partial charge < -0.3 is 20.0 Å². The van der Waals surface area contributed by atoms with Crippen molar-refractivity contribution in [3.63, 3.8) is 0 Å². The van der Waals surface area contributed by atoms with Gasteiger partial charge in [-0.2, -0.15) is 0 Å². The van der Waals surface area contributed by atoms with E-state index in [0.717, 1.165) is 50.4 Å². The summed E-state index contributed by atoms with van der Waals surface area (Å²) >= 11 is 0. The van der Waals surface area contributed by atoms with E-state index in [2.05, 4.69) is 20.4 Å². The van der Waals surface area contributed by atoms with Gasteiger partial charge in [-0.05, 0) is 56.6 Å². The minimum atomic E-state index is -0.443. The summed E-state index contributed by atoms with van der Waals surface area (Å²) in [7, 11) is 0. The molecule has 5 heterocycles. The lowest BCUT2D eigenvalue weighted by Gasteiger charge is -2.56. The number of nitrogens with zero attached hydrogens (tertiary/aromatic N) is 2. The molecule has 0 unspecified atom stereocenters. The van der Waals surface area contributed by atoms with Gasteiger partial charge in [-0.1, -0.05) is 0 Å². The third-order valence-corrected chi connectivity index (χ3v) is 7.55. The molecule has 4 saturated heterocycles. The van der Waals surface area contributed by atoms with Crippen molar-refractivity contribution in [3.8, 4) is 0 Å². The average molecular weight is 429 g/mol. The summed E-state index contributed by atoms with van der Waals surface area (Å²) in [5.74, 6) is 2.74. The van der Waals surface area contributed by atoms with Crippen LogP contribution in [0.3, 0.4) is 0 Å². The molecule has 0 aromatic carbocycles. The van der Waals surface area contributed by atoms with Crippen molar-refractivity contribution in [1.29, 1.82) is 0 Å². The Morgan fingerprint density at radius 1 is 1.19 bits per heavy atom. The van der Waals surface area contributed by atoms with Crippen molar-refractivity contribution in [2.24, 2.45) is 11.8 Å². The van der Waals surface area contributed by atoms with Crippen molar-refractivity contribution in [1.82, 2.24) is 20.4 Å². The van der Waals surface area contributed by atoms with Crippen LogP contribution in [0, 0.1) is 18.8 Å². The first kappa shape index (κ1) is 20.5. The molecule has 4 aliphatic heterocycles. The van der Waals surface area contributed by atoms with Crippen molar-refractivity contribution in [3.05, 3.63) is 23.7 Å². The van der Waals surface area contributed by atoms with E-state index in [9.17, 15) is 14.4 Å². The van der Waals surface area contributed by atoms with Gasteiger partial charge in [-0.3, -0.25) is 19.3 Å². The standard InChI is InChI=1S/C23H32N4O4/c1-14-5-6-17(31-14)13-26-11-15-9-16(12-26)20(27-19(15)3-2-4-22(27)29)10-24-23(30)18-7-8-21(28)25-18/h5-6,15-16,18-20H,2-4,7-13H2,1H3,(H,24,30)(H,25,28)/t15-,16+,18-,19+,20+/m1/s1. The van der Waals surface area contributed by atoms with Gasteiger partial charge in [0, 0.05) is 38.5 Å². The molecule has 8 heteroatoms. The molecule has 4 aliphatic rings. The largest absolute Gasteiger partial charge is 0.465 e. The number of rotatable bonds is 5. The Hall–Kier alpha value is -2.35. The molecule has 1 aromatic heterocycles. The van der Waals surface area contributed by atoms with Gasteiger partial charge in [-0.25, -0.2) is 0 Å². The Kier molecular flexibility index (Phi) is 5.50. The summed E-state index contributed by atoms with van der Waals surface area (Å²) in [4.78, 5) is 41.6. The molecule has 2 N–H and O–H groups in total. The van der Waals surface area contributed by atoms with Gasteiger partial charge in [0.05, 0.1) is 12.6 Å². The molecule has 1 aromatic rings. The molecule has 0 spiro atoms. The van der Waals surface area contributed by atoms with Crippen LogP contribution in [0.5, 0.6) is 0 Å². The summed E-state index contributed by atoms with van der Waals surface area (Å²) in [5.41, 5.74) is 0. The van der Waals surface area contributed by atoms with E-state index < -0.39 is 6.04 Å². The van der Waals surface area contributed by atoms with Gasteiger partial charge in [0.15, 0.2) is 0 Å². The maximum Gasteiger partial charge on any atom is 0.242 e. The van der Waals surface area contributed by atoms with Gasteiger partial charge in [-0.15, -0.1) is 0 Å². The van der Waals surface area contributed by atoms with Crippen LogP contribution in [0.1, 0.15) is 50.0 Å². The summed E-state index contributed by atoms with van der Waals surface area (Å²) in [6.07, 6.45) is 4.64. The van der Waals surface area contributed by atoms with E-state index in [1.54, 1.807) is 0 Å². The van der Waals surface area contributed by atoms with Crippen LogP contribution in [0.15, 0.2) is 16.5 Å². The summed E-state index contributed by atoms with van der Waals surface area (Å²) in [5, 5.41) is 5.79. The Balaban J connectivity index is 1.30. The Bertz CT molecular complexity index is 868. The molecule has 168 valence electrons. The molecule has 5 atom stereocenters. The van der Waals surface area contributed by atoms with Gasteiger partial charge in [0.25, 0.3) is 0 Å². The van der Waals surface area contributed by atoms with Crippen molar-refractivity contribution >= 4 is 17.7 Å². The number of nitrogens with one attached hydrogen (secondary N) is 2. The number of likely N-dealkylation sites (tertiary alicyclic amines) is 1. The van der Waals surface area contributed by atoms with Crippen LogP contribution in [-0.2, 0) is 20.9 Å². The quantitative estimate of drug-likeness (QED) is 0.735. The lowest BCUT2D eigenvalue weighted by atomic mass is 9.72. The lowest BCUT2D eigenvalue weighted by Crippen LogP contribution is -2.67. The molecule has 0 saturated carbocycles. The summed E-state index contributed by atoms with van der Waals surface area (Å²) in [6.45, 7) is 5.09. The molecule has 3 amide bonds. The fourth-order valence-electron chi connectivity index (χ4n) is 6.19. The van der Waals surface area contributed by atoms with Crippen molar-refractivity contribution in [2.45, 2.75) is 70.1 Å². The molecule has 4 fully saturated rings. The number of piperidine rings is 3. The van der Waals surface area contributed by atoms with E-state index in [4.69, 9.17) is 4.42 Å². The topological polar surface area (TPSA) is 94.9 Å². The van der Waals surface area contributed by atoms with E-state index in [-0.39, 0.29) is 29.8 Å². The third-order valence-electron chi connectivity index (χ3n) is 7.55. The van der Waals surface area contributed by atoms with E-state index in [1.165, 1.54) is 0 Å². The number of aryl methyl sites for hydroxylation is 1. The zero-order chi connectivity index (χ0) is 21.5. The molecular formula is C23H32N4O4. The molecule has 5 rings (SSSR count). The normalized spacial score (nSPS) is 33.2. The predicted molar refractivity (Wildman–Crippen MR) is 113 cm³/mol. The van der Waals surface area contributed by atoms with Crippen LogP contribution in [0.4, 0.5) is 0 Å². The summed E-state index contributed by atoms with van der Waals surface area (Å²) < 4.78 is 5.81. The fraction of sp³-hybridized carbons (Fsp3) is 0.696. The number of amides is 3. The monoisotopic (exact) mass is 428 g/mol. The predicted octanol–water partition coefficient (Wildman–Crippen LogP) is 1.18. The summed E-state index contributed by atoms with van der Waals surface area (Å²) in [6, 6.07) is 3.87. The number of carbonyl (C=O) groups is 3. The Morgan fingerprint density at radius 2 is 2.03 bits per heavy atom. The number of carbonyl (C=O) groups excluding carboxylic acids is 3. The number of furan rings is 1. The van der Waals surface area contributed by atoms with Crippen LogP contribution < -0.4 is 10.6 Å². The molecule has 0 aliphatic carbocycles. The highest BCUT2D eigenvalue weighted by molar-refractivity contribution is 5.90. The fourth-order valence-corrected chi connectivity index (χ4v) is 6.19. The van der Waals surface area contributed by atoms with Gasteiger partial charge in [0.2, 0.25) is 17.7 Å². The Labute approximate surface area is 182 Å². The van der Waals surface area contributed by atoms with Gasteiger partial charge in [0.1, 0.15) is 17.6 Å². The van der Waals surface area contributed by atoms with Crippen LogP contribution in [0.2, 0.25) is 0 Å². The minimum Gasteiger partial charge on any atom is -0.465 e. The second-order valence-corrected chi connectivity index (χ2v) is 9.69. The molecule has 2 bridgehead atoms. The molecule has 8 nitrogen and oxygen atoms in total. The van der Waals surface area contributed by atoms with E-state index >= 15 is 0 Å². The zero-order valence-electron chi connectivity index (χ0n) is 18.1. The average Bonchev–Trinajstić information content (AvgIpc) is 3.36. The van der Waals surface area contributed by atoms with Crippen molar-refractivity contribution in [2.75, 3.05) is 19.6 Å². The first-order valence-electron chi connectivity index (χ1n) is 11.6. The first-order valence-corrected chi connectivity index (χ1v) is 11.6. The van der Waals surface area contributed by atoms with Crippen LogP contribution in [0.25, 0.3) is 0 Å². The zero-order valence-corrected chi connectivity index (χ0v) is 18.1. The highest BCUT2D eigenvalue weighted by atomic mass is 16.3. The molecular weight excluding hydrogens is 396 g/mol. The highest BCUT2D eigenvalue weighted by Gasteiger charge is 2.49. The smallest absolute Gasteiger partial charge is 0.242 e. The van der Waals surface area contributed by atoms with E-state index in [1.807, 2.05) is 19.1 Å². The number of hydrogen-bond acceptors (Lipinski definition) is 5. The Morgan fingerprint density at radius 3 is 2.77 bits per heavy atom. The van der Waals surface area contributed by atoms with Crippen LogP contribution >= 0.6 is 0 Å². The number of fused-ring (bicyclic) bond motifs is 4. The molecule has 0 radical (unpaired) electrons. The highest BCUT2D eigenvalue weighted by Crippen LogP contribution is 2.41.